The summed E-state index contributed by atoms with van der Waals surface area (Å²) in [5.74, 6) is 0. The minimum Gasteiger partial charge on any atom is -0.388 e. The first-order valence-corrected chi connectivity index (χ1v) is 7.01. The lowest BCUT2D eigenvalue weighted by Gasteiger charge is -2.13. The van der Waals surface area contributed by atoms with Gasteiger partial charge in [-0.15, -0.1) is 0 Å². The molecule has 0 rings (SSSR count). The highest BCUT2D eigenvalue weighted by molar-refractivity contribution is 7.87. The second kappa shape index (κ2) is 6.00. The van der Waals surface area contributed by atoms with Crippen molar-refractivity contribution >= 4 is 20.2 Å². The first-order valence-electron chi connectivity index (χ1n) is 4.19. The normalized spacial score (nSPS) is 14.8. The first-order chi connectivity index (χ1) is 8.60. The molecule has 1 N–H and O–H groups in total. The lowest BCUT2D eigenvalue weighted by molar-refractivity contribution is -0.0608. The molecule has 0 bridgehead atoms. The van der Waals surface area contributed by atoms with Crippen LogP contribution in [0.2, 0.25) is 0 Å². The fraction of sp³-hybridized carbons (Fsp3) is 1.00. The number of hydrogen-bond donors (Lipinski definition) is 1. The Labute approximate surface area is 108 Å². The Kier molecular flexibility index (Phi) is 5.81. The van der Waals surface area contributed by atoms with E-state index in [-0.39, 0.29) is 0 Å². The molecule has 0 aromatic rings. The van der Waals surface area contributed by atoms with Crippen molar-refractivity contribution in [2.24, 2.45) is 0 Å². The zero-order chi connectivity index (χ0) is 16.4. The number of hydrogen-bond acceptors (Lipinski definition) is 7. The molecule has 0 aliphatic carbocycles. The summed E-state index contributed by atoms with van der Waals surface area (Å²) in [5, 5.41) is 8.79. The quantitative estimate of drug-likeness (QED) is 0.408. The van der Waals surface area contributed by atoms with Crippen molar-refractivity contribution in [1.29, 1.82) is 0 Å². The van der Waals surface area contributed by atoms with Crippen LogP contribution in [0.3, 0.4) is 0 Å². The van der Waals surface area contributed by atoms with Gasteiger partial charge >= 0.3 is 31.3 Å². The van der Waals surface area contributed by atoms with Gasteiger partial charge in [-0.2, -0.15) is 43.2 Å². The molecule has 0 aliphatic heterocycles. The van der Waals surface area contributed by atoms with Gasteiger partial charge in [0.25, 0.3) is 0 Å². The summed E-state index contributed by atoms with van der Waals surface area (Å²) in [4.78, 5) is 0. The van der Waals surface area contributed by atoms with Gasteiger partial charge in [0.15, 0.2) is 0 Å². The van der Waals surface area contributed by atoms with Crippen molar-refractivity contribution in [3.05, 3.63) is 0 Å². The smallest absolute Gasteiger partial charge is 0.388 e. The summed E-state index contributed by atoms with van der Waals surface area (Å²) in [7, 11) is -12.1. The highest BCUT2D eigenvalue weighted by Gasteiger charge is 2.49. The fourth-order valence-electron chi connectivity index (χ4n) is 0.518. The van der Waals surface area contributed by atoms with Gasteiger partial charge in [-0.05, 0) is 0 Å². The van der Waals surface area contributed by atoms with Crippen LogP contribution in [0, 0.1) is 0 Å². The zero-order valence-corrected chi connectivity index (χ0v) is 10.6. The largest absolute Gasteiger partial charge is 0.523 e. The molecular weight excluding hydrogens is 350 g/mol. The van der Waals surface area contributed by atoms with Gasteiger partial charge in [-0.25, -0.2) is 0 Å². The molecule has 0 aromatic carbocycles. The van der Waals surface area contributed by atoms with E-state index in [1.807, 2.05) is 0 Å². The molecule has 0 saturated heterocycles. The summed E-state index contributed by atoms with van der Waals surface area (Å²) in [6.07, 6.45) is -2.36. The predicted molar refractivity (Wildman–Crippen MR) is 47.9 cm³/mol. The average Bonchev–Trinajstić information content (AvgIpc) is 2.20. The molecule has 0 unspecified atom stereocenters. The van der Waals surface area contributed by atoms with E-state index < -0.39 is 50.6 Å². The number of aliphatic hydroxyl groups excluding tert-OH is 1. The minimum absolute atomic E-state index is 1.64. The Bertz CT molecular complexity index is 469. The number of halogens is 6. The first kappa shape index (κ1) is 19.4. The molecule has 0 saturated carbocycles. The molecule has 0 aromatic heterocycles. The van der Waals surface area contributed by atoms with Gasteiger partial charge in [0, 0.05) is 0 Å². The number of alkyl halides is 6. The van der Waals surface area contributed by atoms with Crippen molar-refractivity contribution in [3.63, 3.8) is 0 Å². The maximum atomic E-state index is 11.7. The van der Waals surface area contributed by atoms with Gasteiger partial charge in [-0.3, -0.25) is 8.37 Å². The van der Waals surface area contributed by atoms with Crippen molar-refractivity contribution in [1.82, 2.24) is 0 Å². The van der Waals surface area contributed by atoms with Gasteiger partial charge in [-0.1, -0.05) is 0 Å². The molecule has 7 nitrogen and oxygen atoms in total. The number of rotatable bonds is 6. The summed E-state index contributed by atoms with van der Waals surface area (Å²) < 4.78 is 118. The van der Waals surface area contributed by atoms with Gasteiger partial charge in [0.05, 0.1) is 13.2 Å². The Morgan fingerprint density at radius 2 is 1.05 bits per heavy atom. The van der Waals surface area contributed by atoms with E-state index >= 15 is 0 Å². The third-order valence-electron chi connectivity index (χ3n) is 1.40. The fourth-order valence-corrected chi connectivity index (χ4v) is 1.46. The third-order valence-corrected chi connectivity index (χ3v) is 3.42. The van der Waals surface area contributed by atoms with E-state index in [4.69, 9.17) is 5.11 Å². The van der Waals surface area contributed by atoms with Crippen LogP contribution in [0.15, 0.2) is 0 Å². The number of aliphatic hydroxyl groups is 1. The van der Waals surface area contributed by atoms with Gasteiger partial charge in [0.2, 0.25) is 0 Å². The molecule has 0 amide bonds. The second-order valence-electron chi connectivity index (χ2n) is 3.02. The van der Waals surface area contributed by atoms with Crippen LogP contribution in [0.25, 0.3) is 0 Å². The highest BCUT2D eigenvalue weighted by atomic mass is 32.2. The highest BCUT2D eigenvalue weighted by Crippen LogP contribution is 2.26. The van der Waals surface area contributed by atoms with Crippen molar-refractivity contribution < 1.29 is 56.7 Å². The van der Waals surface area contributed by atoms with E-state index in [0.717, 1.165) is 0 Å². The van der Waals surface area contributed by atoms with Crippen LogP contribution in [-0.4, -0.2) is 52.3 Å². The van der Waals surface area contributed by atoms with Crippen molar-refractivity contribution in [2.45, 2.75) is 17.1 Å². The second-order valence-corrected chi connectivity index (χ2v) is 6.24. The van der Waals surface area contributed by atoms with E-state index in [1.54, 1.807) is 0 Å². The molecule has 0 heterocycles. The Morgan fingerprint density at radius 3 is 1.25 bits per heavy atom. The Morgan fingerprint density at radius 1 is 0.800 bits per heavy atom. The molecule has 0 aliphatic rings. The molecule has 0 spiro atoms. The summed E-state index contributed by atoms with van der Waals surface area (Å²) in [6, 6.07) is 0. The molecule has 15 heteroatoms. The topological polar surface area (TPSA) is 107 Å². The van der Waals surface area contributed by atoms with Crippen LogP contribution in [0.5, 0.6) is 0 Å². The summed E-state index contributed by atoms with van der Waals surface area (Å²) >= 11 is 0. The molecule has 0 radical (unpaired) electrons. The van der Waals surface area contributed by atoms with Crippen LogP contribution in [0.1, 0.15) is 0 Å². The molecule has 122 valence electrons. The predicted octanol–water partition coefficient (Wildman–Crippen LogP) is 0.0797. The van der Waals surface area contributed by atoms with Gasteiger partial charge < -0.3 is 5.11 Å². The average molecular weight is 356 g/mol. The van der Waals surface area contributed by atoms with E-state index in [2.05, 4.69) is 8.37 Å². The standard InChI is InChI=1S/C5H6F6O7S2/c6-4(7,8)19(13,14)17-1-3(12)2-18-20(15,16)5(9,10)11/h3,12H,1-2H2. The lowest BCUT2D eigenvalue weighted by Crippen LogP contribution is -2.33. The molecule has 0 fully saturated rings. The van der Waals surface area contributed by atoms with E-state index in [1.165, 1.54) is 0 Å². The van der Waals surface area contributed by atoms with Crippen LogP contribution in [-0.2, 0) is 28.6 Å². The maximum absolute atomic E-state index is 11.7. The van der Waals surface area contributed by atoms with Crippen molar-refractivity contribution in [2.75, 3.05) is 13.2 Å². The Balaban J connectivity index is 4.46. The van der Waals surface area contributed by atoms with Crippen molar-refractivity contribution in [3.8, 4) is 0 Å². The monoisotopic (exact) mass is 356 g/mol. The van der Waals surface area contributed by atoms with Crippen LogP contribution >= 0.6 is 0 Å². The van der Waals surface area contributed by atoms with Crippen LogP contribution < -0.4 is 0 Å². The van der Waals surface area contributed by atoms with Gasteiger partial charge in [0.1, 0.15) is 6.10 Å². The zero-order valence-electron chi connectivity index (χ0n) is 8.97. The maximum Gasteiger partial charge on any atom is 0.523 e. The van der Waals surface area contributed by atoms with E-state index in [0.29, 0.717) is 0 Å². The third kappa shape index (κ3) is 5.39. The van der Waals surface area contributed by atoms with E-state index in [9.17, 15) is 43.2 Å². The summed E-state index contributed by atoms with van der Waals surface area (Å²) in [5.41, 5.74) is -11.6. The molecule has 20 heavy (non-hydrogen) atoms. The SMILES string of the molecule is O=S(=O)(OCC(O)COS(=O)(=O)C(F)(F)F)C(F)(F)F. The Hall–Kier alpha value is -0.640. The molecular formula is C5H6F6O7S2. The minimum atomic E-state index is -6.06. The van der Waals surface area contributed by atoms with Crippen LogP contribution in [0.4, 0.5) is 26.3 Å². The summed E-state index contributed by atoms with van der Waals surface area (Å²) in [6.45, 7) is -3.29. The molecule has 0 atom stereocenters. The lowest BCUT2D eigenvalue weighted by atomic mass is 10.4.